The second-order valence-electron chi connectivity index (χ2n) is 5.93. The second-order valence-corrected chi connectivity index (χ2v) is 5.93. The van der Waals surface area contributed by atoms with Crippen LogP contribution in [-0.4, -0.2) is 23.7 Å². The third-order valence-electron chi connectivity index (χ3n) is 3.88. The van der Waals surface area contributed by atoms with Crippen molar-refractivity contribution in [1.29, 1.82) is 0 Å². The molecule has 0 aromatic heterocycles. The lowest BCUT2D eigenvalue weighted by Crippen LogP contribution is -2.41. The number of rotatable bonds is 5. The summed E-state index contributed by atoms with van der Waals surface area (Å²) >= 11 is 0. The van der Waals surface area contributed by atoms with Gasteiger partial charge in [-0.1, -0.05) is 44.2 Å². The lowest BCUT2D eigenvalue weighted by Gasteiger charge is -2.15. The normalized spacial score (nSPS) is 20.8. The Kier molecular flexibility index (Phi) is 3.97. The molecule has 0 saturated heterocycles. The first kappa shape index (κ1) is 14.4. The number of hydrogen-bond acceptors (Lipinski definition) is 2. The molecule has 5 heteroatoms. The van der Waals surface area contributed by atoms with Gasteiger partial charge in [0, 0.05) is 6.54 Å². The Morgan fingerprint density at radius 2 is 1.95 bits per heavy atom. The Bertz CT molecular complexity index is 499. The molecule has 108 valence electrons. The average Bonchev–Trinajstić information content (AvgIpc) is 3.02. The van der Waals surface area contributed by atoms with E-state index >= 15 is 0 Å². The van der Waals surface area contributed by atoms with Gasteiger partial charge in [-0.15, -0.1) is 0 Å². The van der Waals surface area contributed by atoms with Crippen LogP contribution in [0.15, 0.2) is 30.3 Å². The number of amides is 2. The molecule has 0 spiro atoms. The monoisotopic (exact) mass is 276 g/mol. The van der Waals surface area contributed by atoms with Crippen LogP contribution in [0, 0.1) is 11.3 Å². The molecule has 1 aliphatic rings. The van der Waals surface area contributed by atoms with Crippen LogP contribution in [0.4, 0.5) is 4.79 Å². The smallest absolute Gasteiger partial charge is 0.330 e. The predicted octanol–water partition coefficient (Wildman–Crippen LogP) is 2.16. The first-order valence-electron chi connectivity index (χ1n) is 6.72. The molecule has 2 rings (SSSR count). The summed E-state index contributed by atoms with van der Waals surface area (Å²) in [6.45, 7) is 4.89. The summed E-state index contributed by atoms with van der Waals surface area (Å²) in [4.78, 5) is 23.0. The maximum Gasteiger partial charge on any atom is 0.330 e. The molecule has 0 heterocycles. The topological polar surface area (TPSA) is 78.4 Å². The van der Waals surface area contributed by atoms with Crippen LogP contribution in [0.2, 0.25) is 0 Å². The maximum absolute atomic E-state index is 11.8. The fraction of sp³-hybridized carbons (Fsp3) is 0.467. The van der Waals surface area contributed by atoms with Crippen molar-refractivity contribution in [3.05, 3.63) is 35.9 Å². The van der Waals surface area contributed by atoms with Crippen molar-refractivity contribution in [3.8, 4) is 0 Å². The summed E-state index contributed by atoms with van der Waals surface area (Å²) in [6.07, 6.45) is 1.09. The molecule has 20 heavy (non-hydrogen) atoms. The third-order valence-corrected chi connectivity index (χ3v) is 3.88. The highest BCUT2D eigenvalue weighted by molar-refractivity contribution is 5.83. The Morgan fingerprint density at radius 1 is 1.35 bits per heavy atom. The molecular formula is C15H20N2O3. The number of carbonyl (C=O) groups excluding carboxylic acids is 1. The molecule has 1 fully saturated rings. The zero-order valence-electron chi connectivity index (χ0n) is 11.7. The Labute approximate surface area is 118 Å². The van der Waals surface area contributed by atoms with Crippen molar-refractivity contribution in [1.82, 2.24) is 10.6 Å². The molecule has 0 aliphatic heterocycles. The van der Waals surface area contributed by atoms with Gasteiger partial charge in [0.05, 0.1) is 0 Å². The fourth-order valence-electron chi connectivity index (χ4n) is 2.26. The molecule has 1 saturated carbocycles. The molecule has 3 N–H and O–H groups in total. The van der Waals surface area contributed by atoms with E-state index in [0.29, 0.717) is 23.4 Å². The zero-order chi connectivity index (χ0) is 14.8. The van der Waals surface area contributed by atoms with Crippen LogP contribution in [0.25, 0.3) is 0 Å². The summed E-state index contributed by atoms with van der Waals surface area (Å²) in [5.41, 5.74) is 0.848. The second kappa shape index (κ2) is 5.53. The predicted molar refractivity (Wildman–Crippen MR) is 75.2 cm³/mol. The lowest BCUT2D eigenvalue weighted by molar-refractivity contribution is -0.139. The molecule has 5 nitrogen and oxygen atoms in total. The van der Waals surface area contributed by atoms with E-state index in [4.69, 9.17) is 0 Å². The minimum atomic E-state index is -1.07. The molecule has 2 atom stereocenters. The number of carboxylic acid groups (broad SMARTS) is 1. The van der Waals surface area contributed by atoms with Crippen molar-refractivity contribution in [2.75, 3.05) is 6.54 Å². The van der Waals surface area contributed by atoms with Gasteiger partial charge in [-0.2, -0.15) is 0 Å². The van der Waals surface area contributed by atoms with Gasteiger partial charge in [-0.3, -0.25) is 0 Å². The van der Waals surface area contributed by atoms with Crippen LogP contribution in [0.3, 0.4) is 0 Å². The van der Waals surface area contributed by atoms with Gasteiger partial charge in [0.15, 0.2) is 6.04 Å². The van der Waals surface area contributed by atoms with Crippen LogP contribution in [0.1, 0.15) is 31.9 Å². The van der Waals surface area contributed by atoms with Gasteiger partial charge in [0.1, 0.15) is 0 Å². The number of carboxylic acids is 1. The number of urea groups is 1. The van der Waals surface area contributed by atoms with Crippen LogP contribution in [-0.2, 0) is 4.79 Å². The van der Waals surface area contributed by atoms with Crippen LogP contribution < -0.4 is 10.6 Å². The maximum atomic E-state index is 11.8. The molecule has 1 aromatic carbocycles. The minimum Gasteiger partial charge on any atom is -0.479 e. The molecule has 1 aromatic rings. The van der Waals surface area contributed by atoms with Gasteiger partial charge in [-0.25, -0.2) is 9.59 Å². The quantitative estimate of drug-likeness (QED) is 0.771. The lowest BCUT2D eigenvalue weighted by atomic mass is 10.1. The van der Waals surface area contributed by atoms with E-state index < -0.39 is 18.0 Å². The molecule has 2 amide bonds. The molecular weight excluding hydrogens is 256 g/mol. The zero-order valence-corrected chi connectivity index (χ0v) is 11.7. The van der Waals surface area contributed by atoms with E-state index in [0.717, 1.165) is 6.42 Å². The van der Waals surface area contributed by atoms with E-state index in [1.807, 2.05) is 0 Å². The highest BCUT2D eigenvalue weighted by Gasteiger charge is 2.45. The fourth-order valence-corrected chi connectivity index (χ4v) is 2.26. The molecule has 1 aliphatic carbocycles. The van der Waals surface area contributed by atoms with Crippen molar-refractivity contribution >= 4 is 12.0 Å². The summed E-state index contributed by atoms with van der Waals surface area (Å²) in [6, 6.07) is 7.20. The SMILES string of the molecule is CC1(C)CC1CNC(=O)N[C@H](C(=O)O)c1ccccc1. The largest absolute Gasteiger partial charge is 0.479 e. The molecule has 0 radical (unpaired) electrons. The van der Waals surface area contributed by atoms with Crippen molar-refractivity contribution in [2.45, 2.75) is 26.3 Å². The van der Waals surface area contributed by atoms with Gasteiger partial charge >= 0.3 is 12.0 Å². The number of hydrogen-bond donors (Lipinski definition) is 3. The van der Waals surface area contributed by atoms with Crippen molar-refractivity contribution in [3.63, 3.8) is 0 Å². The van der Waals surface area contributed by atoms with Crippen molar-refractivity contribution in [2.24, 2.45) is 11.3 Å². The van der Waals surface area contributed by atoms with Gasteiger partial charge in [0.2, 0.25) is 0 Å². The Hall–Kier alpha value is -2.04. The van der Waals surface area contributed by atoms with E-state index in [9.17, 15) is 14.7 Å². The number of benzene rings is 1. The highest BCUT2D eigenvalue weighted by atomic mass is 16.4. The van der Waals surface area contributed by atoms with Gasteiger partial charge in [0.25, 0.3) is 0 Å². The summed E-state index contributed by atoms with van der Waals surface area (Å²) < 4.78 is 0. The number of nitrogens with one attached hydrogen (secondary N) is 2. The molecule has 0 bridgehead atoms. The van der Waals surface area contributed by atoms with Gasteiger partial charge in [-0.05, 0) is 23.3 Å². The van der Waals surface area contributed by atoms with E-state index in [1.165, 1.54) is 0 Å². The van der Waals surface area contributed by atoms with Crippen LogP contribution in [0.5, 0.6) is 0 Å². The Morgan fingerprint density at radius 3 is 2.45 bits per heavy atom. The minimum absolute atomic E-state index is 0.291. The summed E-state index contributed by atoms with van der Waals surface area (Å²) in [7, 11) is 0. The first-order valence-corrected chi connectivity index (χ1v) is 6.72. The van der Waals surface area contributed by atoms with Crippen molar-refractivity contribution < 1.29 is 14.7 Å². The van der Waals surface area contributed by atoms with E-state index in [1.54, 1.807) is 30.3 Å². The van der Waals surface area contributed by atoms with E-state index in [2.05, 4.69) is 24.5 Å². The number of carbonyl (C=O) groups is 2. The average molecular weight is 276 g/mol. The van der Waals surface area contributed by atoms with Crippen LogP contribution >= 0.6 is 0 Å². The first-order chi connectivity index (χ1) is 9.40. The summed E-state index contributed by atoms with van der Waals surface area (Å²) in [5.74, 6) is -0.591. The summed E-state index contributed by atoms with van der Waals surface area (Å²) in [5, 5.41) is 14.4. The van der Waals surface area contributed by atoms with E-state index in [-0.39, 0.29) is 0 Å². The Balaban J connectivity index is 1.89. The molecule has 1 unspecified atom stereocenters. The number of aliphatic carboxylic acids is 1. The highest BCUT2D eigenvalue weighted by Crippen LogP contribution is 2.50. The van der Waals surface area contributed by atoms with Gasteiger partial charge < -0.3 is 15.7 Å². The third kappa shape index (κ3) is 3.50. The standard InChI is InChI=1S/C15H20N2O3/c1-15(2)8-11(15)9-16-14(20)17-12(13(18)19)10-6-4-3-5-7-10/h3-7,11-12H,8-9H2,1-2H3,(H,18,19)(H2,16,17,20)/t11?,12-/m0/s1.